The maximum absolute atomic E-state index is 5.43. The Kier molecular flexibility index (Phi) is 2.08. The van der Waals surface area contributed by atoms with Crippen molar-refractivity contribution in [3.63, 3.8) is 0 Å². The van der Waals surface area contributed by atoms with Crippen LogP contribution in [0.1, 0.15) is 11.5 Å². The molecule has 9 heavy (non-hydrogen) atoms. The van der Waals surface area contributed by atoms with Crippen LogP contribution in [0, 0.1) is 0 Å². The molecule has 1 rings (SSSR count). The van der Waals surface area contributed by atoms with Crippen LogP contribution >= 0.6 is 11.6 Å². The van der Waals surface area contributed by atoms with Gasteiger partial charge in [-0.25, -0.2) is 0 Å². The number of alkyl halides is 1. The van der Waals surface area contributed by atoms with Crippen LogP contribution < -0.4 is 5.73 Å². The summed E-state index contributed by atoms with van der Waals surface area (Å²) in [6.45, 7) is 0.379. The zero-order valence-corrected chi connectivity index (χ0v) is 5.56. The van der Waals surface area contributed by atoms with Gasteiger partial charge in [-0.15, -0.1) is 11.6 Å². The van der Waals surface area contributed by atoms with Crippen LogP contribution in [0.4, 0.5) is 0 Å². The van der Waals surface area contributed by atoms with Gasteiger partial charge in [-0.3, -0.25) is 0 Å². The van der Waals surface area contributed by atoms with Gasteiger partial charge in [0.25, 0.3) is 0 Å². The Morgan fingerprint density at radius 3 is 2.89 bits per heavy atom. The average Bonchev–Trinajstić information content (AvgIpc) is 2.34. The van der Waals surface area contributed by atoms with Gasteiger partial charge >= 0.3 is 0 Å². The molecule has 0 aliphatic carbocycles. The highest BCUT2D eigenvalue weighted by atomic mass is 35.5. The lowest BCUT2D eigenvalue weighted by molar-refractivity contribution is 0.380. The van der Waals surface area contributed by atoms with Crippen molar-refractivity contribution in [2.45, 2.75) is 12.4 Å². The Morgan fingerprint density at radius 1 is 1.78 bits per heavy atom. The van der Waals surface area contributed by atoms with E-state index in [1.165, 1.54) is 0 Å². The van der Waals surface area contributed by atoms with Gasteiger partial charge in [0, 0.05) is 6.07 Å². The molecule has 0 fully saturated rings. The van der Waals surface area contributed by atoms with Crippen molar-refractivity contribution in [1.29, 1.82) is 0 Å². The molecule has 0 aromatic carbocycles. The number of rotatable bonds is 2. The second kappa shape index (κ2) is 2.85. The Labute approximate surface area is 57.8 Å². The molecule has 50 valence electrons. The van der Waals surface area contributed by atoms with E-state index in [9.17, 15) is 0 Å². The molecule has 0 amide bonds. The largest absolute Gasteiger partial charge is 0.360 e. The van der Waals surface area contributed by atoms with Gasteiger partial charge in [0.05, 0.1) is 18.1 Å². The summed E-state index contributed by atoms with van der Waals surface area (Å²) in [7, 11) is 0. The quantitative estimate of drug-likeness (QED) is 0.630. The standard InChI is InChI=1S/C5H7ClN2O/c6-2-4-1-5(3-7)9-8-4/h1H,2-3,7H2. The SMILES string of the molecule is NCc1cc(CCl)no1. The lowest BCUT2D eigenvalue weighted by Gasteiger charge is -1.77. The summed E-state index contributed by atoms with van der Waals surface area (Å²) in [6, 6.07) is 1.74. The van der Waals surface area contributed by atoms with E-state index in [1.807, 2.05) is 0 Å². The Bertz CT molecular complexity index is 168. The van der Waals surface area contributed by atoms with Crippen molar-refractivity contribution in [3.8, 4) is 0 Å². The van der Waals surface area contributed by atoms with Gasteiger partial charge < -0.3 is 10.3 Å². The minimum absolute atomic E-state index is 0.378. The molecule has 1 aromatic rings. The van der Waals surface area contributed by atoms with Crippen LogP contribution in [0.3, 0.4) is 0 Å². The summed E-state index contributed by atoms with van der Waals surface area (Å²) in [6.07, 6.45) is 0. The highest BCUT2D eigenvalue weighted by Crippen LogP contribution is 2.04. The number of hydrogen-bond acceptors (Lipinski definition) is 3. The van der Waals surface area contributed by atoms with E-state index in [2.05, 4.69) is 5.16 Å². The van der Waals surface area contributed by atoms with Crippen LogP contribution in [0.15, 0.2) is 10.6 Å². The first-order valence-corrected chi connectivity index (χ1v) is 3.10. The summed E-state index contributed by atoms with van der Waals surface area (Å²) < 4.78 is 4.75. The zero-order chi connectivity index (χ0) is 6.69. The van der Waals surface area contributed by atoms with E-state index in [0.29, 0.717) is 18.2 Å². The van der Waals surface area contributed by atoms with Gasteiger partial charge in [-0.1, -0.05) is 5.16 Å². The summed E-state index contributed by atoms with van der Waals surface area (Å²) in [5.41, 5.74) is 5.97. The molecule has 1 heterocycles. The maximum atomic E-state index is 5.43. The fraction of sp³-hybridized carbons (Fsp3) is 0.400. The Hall–Kier alpha value is -0.540. The van der Waals surface area contributed by atoms with Crippen LogP contribution in [0.5, 0.6) is 0 Å². The van der Waals surface area contributed by atoms with E-state index in [-0.39, 0.29) is 0 Å². The fourth-order valence-electron chi connectivity index (χ4n) is 0.515. The number of aromatic nitrogens is 1. The molecule has 0 saturated carbocycles. The summed E-state index contributed by atoms with van der Waals surface area (Å²) in [5, 5.41) is 3.62. The highest BCUT2D eigenvalue weighted by molar-refractivity contribution is 6.16. The molecule has 0 atom stereocenters. The summed E-state index contributed by atoms with van der Waals surface area (Å²) in [4.78, 5) is 0. The number of hydrogen-bond donors (Lipinski definition) is 1. The molecule has 0 aliphatic rings. The molecule has 3 nitrogen and oxygen atoms in total. The predicted molar refractivity (Wildman–Crippen MR) is 34.0 cm³/mol. The lowest BCUT2D eigenvalue weighted by Crippen LogP contribution is -1.92. The van der Waals surface area contributed by atoms with E-state index >= 15 is 0 Å². The van der Waals surface area contributed by atoms with Crippen molar-refractivity contribution in [1.82, 2.24) is 5.16 Å². The van der Waals surface area contributed by atoms with Crippen LogP contribution in [0.2, 0.25) is 0 Å². The van der Waals surface area contributed by atoms with Crippen molar-refractivity contribution >= 4 is 11.6 Å². The van der Waals surface area contributed by atoms with Crippen molar-refractivity contribution in [2.75, 3.05) is 0 Å². The molecule has 0 spiro atoms. The first-order valence-electron chi connectivity index (χ1n) is 2.57. The third kappa shape index (κ3) is 1.43. The van der Waals surface area contributed by atoms with Crippen molar-refractivity contribution in [3.05, 3.63) is 17.5 Å². The van der Waals surface area contributed by atoms with E-state index < -0.39 is 0 Å². The van der Waals surface area contributed by atoms with Crippen LogP contribution in [-0.4, -0.2) is 5.16 Å². The highest BCUT2D eigenvalue weighted by Gasteiger charge is 1.98. The Morgan fingerprint density at radius 2 is 2.56 bits per heavy atom. The predicted octanol–water partition coefficient (Wildman–Crippen LogP) is 0.872. The second-order valence-electron chi connectivity index (χ2n) is 1.62. The van der Waals surface area contributed by atoms with Gasteiger partial charge in [0.1, 0.15) is 0 Å². The second-order valence-corrected chi connectivity index (χ2v) is 1.89. The molecule has 2 N–H and O–H groups in total. The minimum Gasteiger partial charge on any atom is -0.360 e. The smallest absolute Gasteiger partial charge is 0.150 e. The molecule has 0 unspecified atom stereocenters. The Balaban J connectivity index is 2.74. The third-order valence-electron chi connectivity index (χ3n) is 0.946. The van der Waals surface area contributed by atoms with Gasteiger partial charge in [0.2, 0.25) is 0 Å². The van der Waals surface area contributed by atoms with Crippen LogP contribution in [0.25, 0.3) is 0 Å². The molecule has 0 bridgehead atoms. The number of halogens is 1. The van der Waals surface area contributed by atoms with E-state index in [1.54, 1.807) is 6.07 Å². The summed E-state index contributed by atoms with van der Waals surface area (Å²) >= 11 is 5.43. The molecule has 0 aliphatic heterocycles. The average molecular weight is 147 g/mol. The van der Waals surface area contributed by atoms with Crippen molar-refractivity contribution in [2.24, 2.45) is 5.73 Å². The summed E-state index contributed by atoms with van der Waals surface area (Å²) in [5.74, 6) is 1.05. The zero-order valence-electron chi connectivity index (χ0n) is 4.80. The normalized spacial score (nSPS) is 10.0. The van der Waals surface area contributed by atoms with E-state index in [4.69, 9.17) is 21.9 Å². The fourth-order valence-corrected chi connectivity index (χ4v) is 0.641. The first kappa shape index (κ1) is 6.58. The monoisotopic (exact) mass is 146 g/mol. The van der Waals surface area contributed by atoms with Gasteiger partial charge in [-0.05, 0) is 0 Å². The number of nitrogens with two attached hydrogens (primary N) is 1. The topological polar surface area (TPSA) is 52.0 Å². The lowest BCUT2D eigenvalue weighted by atomic mass is 10.4. The molecular formula is C5H7ClN2O. The van der Waals surface area contributed by atoms with Gasteiger partial charge in [0.15, 0.2) is 5.76 Å². The maximum Gasteiger partial charge on any atom is 0.150 e. The number of nitrogens with zero attached hydrogens (tertiary/aromatic N) is 1. The molecular weight excluding hydrogens is 140 g/mol. The van der Waals surface area contributed by atoms with Gasteiger partial charge in [-0.2, -0.15) is 0 Å². The van der Waals surface area contributed by atoms with Crippen molar-refractivity contribution < 1.29 is 4.52 Å². The van der Waals surface area contributed by atoms with Crippen LogP contribution in [-0.2, 0) is 12.4 Å². The molecule has 0 radical (unpaired) electrons. The molecule has 0 saturated heterocycles. The molecule has 1 aromatic heterocycles. The molecule has 4 heteroatoms. The first-order chi connectivity index (χ1) is 4.36. The minimum atomic E-state index is 0.378. The third-order valence-corrected chi connectivity index (χ3v) is 1.22. The van der Waals surface area contributed by atoms with E-state index in [0.717, 1.165) is 5.69 Å².